The lowest BCUT2D eigenvalue weighted by Crippen LogP contribution is -2.43. The van der Waals surface area contributed by atoms with Crippen LogP contribution in [0.5, 0.6) is 0 Å². The van der Waals surface area contributed by atoms with Crippen LogP contribution in [-0.2, 0) is 4.74 Å². The summed E-state index contributed by atoms with van der Waals surface area (Å²) in [6.07, 6.45) is 8.47. The van der Waals surface area contributed by atoms with Gasteiger partial charge in [-0.05, 0) is 31.2 Å². The maximum atomic E-state index is 5.63. The maximum absolute atomic E-state index is 5.63. The lowest BCUT2D eigenvalue weighted by atomic mass is 9.86. The molecule has 2 atom stereocenters. The number of rotatable bonds is 4. The summed E-state index contributed by atoms with van der Waals surface area (Å²) in [7, 11) is 0. The first-order valence-corrected chi connectivity index (χ1v) is 6.71. The van der Waals surface area contributed by atoms with E-state index in [-0.39, 0.29) is 0 Å². The third kappa shape index (κ3) is 3.18. The van der Waals surface area contributed by atoms with E-state index in [9.17, 15) is 0 Å². The van der Waals surface area contributed by atoms with E-state index in [1.807, 2.05) is 0 Å². The van der Waals surface area contributed by atoms with Gasteiger partial charge in [-0.1, -0.05) is 32.6 Å². The van der Waals surface area contributed by atoms with Crippen molar-refractivity contribution >= 4 is 0 Å². The first-order valence-electron chi connectivity index (χ1n) is 6.71. The smallest absolute Gasteiger partial charge is 0.0509 e. The van der Waals surface area contributed by atoms with E-state index in [2.05, 4.69) is 12.2 Å². The lowest BCUT2D eigenvalue weighted by molar-refractivity contribution is 0.0230. The highest BCUT2D eigenvalue weighted by Gasteiger charge is 2.28. The fourth-order valence-electron chi connectivity index (χ4n) is 3.23. The minimum Gasteiger partial charge on any atom is -0.381 e. The van der Waals surface area contributed by atoms with Gasteiger partial charge in [-0.2, -0.15) is 0 Å². The van der Waals surface area contributed by atoms with Crippen LogP contribution in [0.3, 0.4) is 0 Å². The summed E-state index contributed by atoms with van der Waals surface area (Å²) in [4.78, 5) is 0. The van der Waals surface area contributed by atoms with Gasteiger partial charge in [0.2, 0.25) is 0 Å². The van der Waals surface area contributed by atoms with Crippen molar-refractivity contribution in [1.29, 1.82) is 0 Å². The van der Waals surface area contributed by atoms with E-state index in [1.54, 1.807) is 0 Å². The maximum Gasteiger partial charge on any atom is 0.0509 e. The van der Waals surface area contributed by atoms with Crippen molar-refractivity contribution in [2.75, 3.05) is 19.8 Å². The summed E-state index contributed by atoms with van der Waals surface area (Å²) >= 11 is 0. The van der Waals surface area contributed by atoms with Crippen molar-refractivity contribution in [2.24, 2.45) is 11.8 Å². The molecule has 0 radical (unpaired) electrons. The van der Waals surface area contributed by atoms with E-state index in [4.69, 9.17) is 4.74 Å². The molecule has 88 valence electrons. The molecule has 2 heteroatoms. The Morgan fingerprint density at radius 1 is 1.20 bits per heavy atom. The fourth-order valence-corrected chi connectivity index (χ4v) is 3.23. The summed E-state index contributed by atoms with van der Waals surface area (Å²) in [6.45, 7) is 5.26. The number of hydrogen-bond donors (Lipinski definition) is 1. The normalized spacial score (nSPS) is 33.4. The van der Waals surface area contributed by atoms with Gasteiger partial charge in [0, 0.05) is 12.6 Å². The van der Waals surface area contributed by atoms with E-state index < -0.39 is 0 Å². The molecule has 0 aromatic rings. The Hall–Kier alpha value is -0.0800. The van der Waals surface area contributed by atoms with Crippen LogP contribution in [-0.4, -0.2) is 25.8 Å². The molecule has 0 aromatic heterocycles. The summed E-state index contributed by atoms with van der Waals surface area (Å²) in [6, 6.07) is 0.726. The number of ether oxygens (including phenoxy) is 1. The molecule has 0 bridgehead atoms. The van der Waals surface area contributed by atoms with E-state index >= 15 is 0 Å². The van der Waals surface area contributed by atoms with Gasteiger partial charge in [0.15, 0.2) is 0 Å². The predicted octanol–water partition coefficient (Wildman–Crippen LogP) is 2.58. The van der Waals surface area contributed by atoms with Gasteiger partial charge in [0.05, 0.1) is 6.61 Å². The molecule has 2 fully saturated rings. The van der Waals surface area contributed by atoms with Crippen LogP contribution in [0.1, 0.15) is 45.4 Å². The molecule has 1 aliphatic carbocycles. The second kappa shape index (κ2) is 5.86. The number of hydrogen-bond acceptors (Lipinski definition) is 2. The molecule has 1 saturated heterocycles. The Morgan fingerprint density at radius 3 is 2.73 bits per heavy atom. The van der Waals surface area contributed by atoms with Crippen LogP contribution in [0, 0.1) is 11.8 Å². The topological polar surface area (TPSA) is 21.3 Å². The first-order chi connectivity index (χ1) is 7.40. The lowest BCUT2D eigenvalue weighted by Gasteiger charge is -2.33. The van der Waals surface area contributed by atoms with Gasteiger partial charge in [-0.25, -0.2) is 0 Å². The van der Waals surface area contributed by atoms with Crippen molar-refractivity contribution in [3.05, 3.63) is 0 Å². The Kier molecular flexibility index (Phi) is 4.45. The summed E-state index contributed by atoms with van der Waals surface area (Å²) in [5, 5.41) is 3.63. The number of nitrogens with one attached hydrogen (secondary N) is 1. The Bertz CT molecular complexity index is 175. The monoisotopic (exact) mass is 211 g/mol. The van der Waals surface area contributed by atoms with Crippen LogP contribution in [0.15, 0.2) is 0 Å². The van der Waals surface area contributed by atoms with Gasteiger partial charge in [0.25, 0.3) is 0 Å². The van der Waals surface area contributed by atoms with Crippen LogP contribution in [0.2, 0.25) is 0 Å². The van der Waals surface area contributed by atoms with Gasteiger partial charge in [0.1, 0.15) is 0 Å². The van der Waals surface area contributed by atoms with Gasteiger partial charge < -0.3 is 10.1 Å². The molecule has 15 heavy (non-hydrogen) atoms. The van der Waals surface area contributed by atoms with E-state index in [1.165, 1.54) is 38.5 Å². The Balaban J connectivity index is 1.80. The fraction of sp³-hybridized carbons (Fsp3) is 1.00. The second-order valence-corrected chi connectivity index (χ2v) is 5.17. The Morgan fingerprint density at radius 2 is 2.00 bits per heavy atom. The molecular weight excluding hydrogens is 186 g/mol. The van der Waals surface area contributed by atoms with Gasteiger partial charge in [-0.3, -0.25) is 0 Å². The molecule has 0 spiro atoms. The Labute approximate surface area is 93.8 Å². The molecule has 1 N–H and O–H groups in total. The standard InChI is InChI=1S/C13H25NO/c1-2-14-13-7-8-15-10-12(13)9-11-5-3-4-6-11/h11-14H,2-10H2,1H3. The predicted molar refractivity (Wildman–Crippen MR) is 63.0 cm³/mol. The highest BCUT2D eigenvalue weighted by molar-refractivity contribution is 4.82. The summed E-state index contributed by atoms with van der Waals surface area (Å²) in [5.41, 5.74) is 0. The summed E-state index contributed by atoms with van der Waals surface area (Å²) < 4.78 is 5.63. The molecule has 0 aromatic carbocycles. The molecule has 1 saturated carbocycles. The van der Waals surface area contributed by atoms with Crippen molar-refractivity contribution < 1.29 is 4.74 Å². The molecule has 2 nitrogen and oxygen atoms in total. The average Bonchev–Trinajstić information content (AvgIpc) is 2.74. The van der Waals surface area contributed by atoms with Crippen molar-refractivity contribution in [1.82, 2.24) is 5.32 Å². The molecule has 1 aliphatic heterocycles. The minimum absolute atomic E-state index is 0.726. The highest BCUT2D eigenvalue weighted by atomic mass is 16.5. The van der Waals surface area contributed by atoms with Crippen molar-refractivity contribution in [3.8, 4) is 0 Å². The van der Waals surface area contributed by atoms with Gasteiger partial charge >= 0.3 is 0 Å². The molecule has 0 amide bonds. The zero-order chi connectivity index (χ0) is 10.5. The largest absolute Gasteiger partial charge is 0.381 e. The van der Waals surface area contributed by atoms with Crippen LogP contribution >= 0.6 is 0 Å². The van der Waals surface area contributed by atoms with Crippen molar-refractivity contribution in [3.63, 3.8) is 0 Å². The van der Waals surface area contributed by atoms with E-state index in [0.29, 0.717) is 0 Å². The van der Waals surface area contributed by atoms with Crippen molar-refractivity contribution in [2.45, 2.75) is 51.5 Å². The molecule has 2 rings (SSSR count). The average molecular weight is 211 g/mol. The zero-order valence-corrected chi connectivity index (χ0v) is 10.0. The first kappa shape index (κ1) is 11.4. The molecular formula is C13H25NO. The summed E-state index contributed by atoms with van der Waals surface area (Å²) in [5.74, 6) is 1.78. The molecule has 2 aliphatic rings. The minimum atomic E-state index is 0.726. The highest BCUT2D eigenvalue weighted by Crippen LogP contribution is 2.32. The quantitative estimate of drug-likeness (QED) is 0.771. The van der Waals surface area contributed by atoms with Crippen LogP contribution in [0.25, 0.3) is 0 Å². The SMILES string of the molecule is CCNC1CCOCC1CC1CCCC1. The van der Waals surface area contributed by atoms with Crippen LogP contribution in [0.4, 0.5) is 0 Å². The molecule has 2 unspecified atom stereocenters. The van der Waals surface area contributed by atoms with Gasteiger partial charge in [-0.15, -0.1) is 0 Å². The third-order valence-corrected chi connectivity index (χ3v) is 4.05. The second-order valence-electron chi connectivity index (χ2n) is 5.17. The molecule has 1 heterocycles. The zero-order valence-electron chi connectivity index (χ0n) is 10.0. The van der Waals surface area contributed by atoms with Crippen LogP contribution < -0.4 is 5.32 Å². The third-order valence-electron chi connectivity index (χ3n) is 4.05. The van der Waals surface area contributed by atoms with E-state index in [0.717, 1.165) is 37.6 Å².